The van der Waals surface area contributed by atoms with Crippen LogP contribution in [0, 0.1) is 0 Å². The number of aryl methyl sites for hydroxylation is 2. The number of benzene rings is 1. The van der Waals surface area contributed by atoms with Crippen molar-refractivity contribution in [3.8, 4) is 28.5 Å². The van der Waals surface area contributed by atoms with Crippen LogP contribution in [0.2, 0.25) is 0 Å². The molecule has 0 bridgehead atoms. The summed E-state index contributed by atoms with van der Waals surface area (Å²) in [5.74, 6) is 0.901. The predicted molar refractivity (Wildman–Crippen MR) is 118 cm³/mol. The first-order valence-electron chi connectivity index (χ1n) is 10.5. The number of imidazole rings is 1. The Hall–Kier alpha value is -4.48. The van der Waals surface area contributed by atoms with E-state index in [-0.39, 0.29) is 5.69 Å². The standard InChI is InChI=1S/C21H21N11O/c1-3-5-18-13-32(20-25-28-29-30(20)2)21(33)31(18)12-17-11-15(8-9-22-17)14-6-4-7-16(10-14)19-23-26-27-24-19/h4,6-11,13H,3,5,12H2,1-2H3,(H,23,24,26,27). The van der Waals surface area contributed by atoms with E-state index in [0.717, 1.165) is 40.9 Å². The highest BCUT2D eigenvalue weighted by Gasteiger charge is 2.17. The van der Waals surface area contributed by atoms with Crippen molar-refractivity contribution in [2.45, 2.75) is 26.3 Å². The van der Waals surface area contributed by atoms with E-state index in [0.29, 0.717) is 18.3 Å². The normalized spacial score (nSPS) is 11.2. The summed E-state index contributed by atoms with van der Waals surface area (Å²) in [7, 11) is 1.70. The molecule has 0 aliphatic carbocycles. The number of hydrogen-bond acceptors (Lipinski definition) is 8. The summed E-state index contributed by atoms with van der Waals surface area (Å²) < 4.78 is 4.67. The van der Waals surface area contributed by atoms with Crippen LogP contribution in [-0.2, 0) is 20.0 Å². The van der Waals surface area contributed by atoms with Crippen LogP contribution in [0.3, 0.4) is 0 Å². The minimum absolute atomic E-state index is 0.206. The van der Waals surface area contributed by atoms with Crippen molar-refractivity contribution in [2.24, 2.45) is 7.05 Å². The molecular formula is C21H21N11O. The maximum Gasteiger partial charge on any atom is 0.335 e. The van der Waals surface area contributed by atoms with Crippen LogP contribution in [-0.4, -0.2) is 54.9 Å². The molecule has 0 unspecified atom stereocenters. The maximum atomic E-state index is 13.2. The summed E-state index contributed by atoms with van der Waals surface area (Å²) in [4.78, 5) is 17.7. The van der Waals surface area contributed by atoms with E-state index in [1.54, 1.807) is 24.0 Å². The lowest BCUT2D eigenvalue weighted by atomic mass is 10.0. The van der Waals surface area contributed by atoms with E-state index in [1.807, 2.05) is 36.4 Å². The summed E-state index contributed by atoms with van der Waals surface area (Å²) in [5.41, 5.74) is 4.29. The quantitative estimate of drug-likeness (QED) is 0.398. The number of pyridine rings is 1. The maximum absolute atomic E-state index is 13.2. The van der Waals surface area contributed by atoms with Crippen molar-refractivity contribution < 1.29 is 0 Å². The molecule has 12 heteroatoms. The van der Waals surface area contributed by atoms with Gasteiger partial charge in [-0.3, -0.25) is 9.55 Å². The third-order valence-corrected chi connectivity index (χ3v) is 5.32. The second kappa shape index (κ2) is 8.57. The highest BCUT2D eigenvalue weighted by Crippen LogP contribution is 2.24. The van der Waals surface area contributed by atoms with E-state index >= 15 is 0 Å². The smallest absolute Gasteiger partial charge is 0.290 e. The molecule has 4 heterocycles. The molecule has 0 fully saturated rings. The van der Waals surface area contributed by atoms with Crippen molar-refractivity contribution in [3.63, 3.8) is 0 Å². The topological polar surface area (TPSA) is 138 Å². The molecule has 166 valence electrons. The first-order valence-corrected chi connectivity index (χ1v) is 10.5. The van der Waals surface area contributed by atoms with Gasteiger partial charge in [-0.05, 0) is 51.4 Å². The summed E-state index contributed by atoms with van der Waals surface area (Å²) in [6.07, 6.45) is 5.20. The molecule has 0 saturated heterocycles. The molecule has 0 radical (unpaired) electrons. The molecule has 0 saturated carbocycles. The van der Waals surface area contributed by atoms with Gasteiger partial charge in [0, 0.05) is 30.7 Å². The lowest BCUT2D eigenvalue weighted by molar-refractivity contribution is 0.658. The zero-order chi connectivity index (χ0) is 22.8. The first-order chi connectivity index (χ1) is 16.1. The second-order valence-corrected chi connectivity index (χ2v) is 7.56. The van der Waals surface area contributed by atoms with Gasteiger partial charge in [0.2, 0.25) is 5.82 Å². The van der Waals surface area contributed by atoms with E-state index in [9.17, 15) is 4.79 Å². The Labute approximate surface area is 187 Å². The molecule has 33 heavy (non-hydrogen) atoms. The Bertz CT molecular complexity index is 1450. The van der Waals surface area contributed by atoms with E-state index in [1.165, 1.54) is 9.25 Å². The first kappa shape index (κ1) is 20.4. The molecule has 0 amide bonds. The molecule has 5 rings (SSSR count). The molecule has 1 N–H and O–H groups in total. The number of tetrazole rings is 2. The SMILES string of the molecule is CCCc1cn(-c2nnnn2C)c(=O)n1Cc1cc(-c2cccc(-c3nn[nH]n3)c2)ccn1. The van der Waals surface area contributed by atoms with Crippen LogP contribution in [0.5, 0.6) is 0 Å². The molecule has 0 atom stereocenters. The fourth-order valence-electron chi connectivity index (χ4n) is 3.75. The number of aromatic nitrogens is 11. The number of rotatable bonds is 7. The van der Waals surface area contributed by atoms with Crippen LogP contribution in [0.25, 0.3) is 28.5 Å². The number of nitrogens with zero attached hydrogens (tertiary/aromatic N) is 10. The fraction of sp³-hybridized carbons (Fsp3) is 0.238. The number of aromatic amines is 1. The number of H-pyrrole nitrogens is 1. The van der Waals surface area contributed by atoms with Crippen LogP contribution in [0.1, 0.15) is 24.7 Å². The molecule has 0 spiro atoms. The Morgan fingerprint density at radius 3 is 2.67 bits per heavy atom. The third-order valence-electron chi connectivity index (χ3n) is 5.32. The minimum Gasteiger partial charge on any atom is -0.290 e. The van der Waals surface area contributed by atoms with Crippen LogP contribution in [0.15, 0.2) is 53.6 Å². The van der Waals surface area contributed by atoms with Gasteiger partial charge in [0.15, 0.2) is 0 Å². The van der Waals surface area contributed by atoms with Crippen LogP contribution in [0.4, 0.5) is 0 Å². The van der Waals surface area contributed by atoms with Crippen molar-refractivity contribution >= 4 is 0 Å². The second-order valence-electron chi connectivity index (χ2n) is 7.56. The number of hydrogen-bond donors (Lipinski definition) is 1. The predicted octanol–water partition coefficient (Wildman–Crippen LogP) is 1.41. The lowest BCUT2D eigenvalue weighted by Gasteiger charge is -2.09. The summed E-state index contributed by atoms with van der Waals surface area (Å²) in [6.45, 7) is 2.41. The Kier molecular flexibility index (Phi) is 5.30. The minimum atomic E-state index is -0.206. The molecular weight excluding hydrogens is 422 g/mol. The van der Waals surface area contributed by atoms with Gasteiger partial charge < -0.3 is 0 Å². The van der Waals surface area contributed by atoms with Crippen molar-refractivity contribution in [1.29, 1.82) is 0 Å². The average molecular weight is 443 g/mol. The monoisotopic (exact) mass is 443 g/mol. The average Bonchev–Trinajstić information content (AvgIpc) is 3.58. The highest BCUT2D eigenvalue weighted by atomic mass is 16.2. The zero-order valence-corrected chi connectivity index (χ0v) is 18.1. The van der Waals surface area contributed by atoms with Gasteiger partial charge in [0.1, 0.15) is 0 Å². The summed E-state index contributed by atoms with van der Waals surface area (Å²) in [6, 6.07) is 11.8. The van der Waals surface area contributed by atoms with Gasteiger partial charge in [-0.1, -0.05) is 36.6 Å². The lowest BCUT2D eigenvalue weighted by Crippen LogP contribution is -2.26. The van der Waals surface area contributed by atoms with E-state index in [2.05, 4.69) is 48.1 Å². The van der Waals surface area contributed by atoms with E-state index < -0.39 is 0 Å². The Balaban J connectivity index is 1.50. The van der Waals surface area contributed by atoms with Gasteiger partial charge in [0.25, 0.3) is 5.95 Å². The third kappa shape index (κ3) is 3.93. The largest absolute Gasteiger partial charge is 0.335 e. The van der Waals surface area contributed by atoms with Crippen LogP contribution < -0.4 is 5.69 Å². The van der Waals surface area contributed by atoms with Gasteiger partial charge in [0.05, 0.1) is 12.2 Å². The Morgan fingerprint density at radius 2 is 1.91 bits per heavy atom. The van der Waals surface area contributed by atoms with Crippen LogP contribution >= 0.6 is 0 Å². The molecule has 12 nitrogen and oxygen atoms in total. The molecule has 4 aromatic heterocycles. The summed E-state index contributed by atoms with van der Waals surface area (Å²) in [5, 5.41) is 25.6. The zero-order valence-electron chi connectivity index (χ0n) is 18.1. The molecule has 1 aromatic carbocycles. The summed E-state index contributed by atoms with van der Waals surface area (Å²) >= 11 is 0. The van der Waals surface area contributed by atoms with E-state index in [4.69, 9.17) is 0 Å². The fourth-order valence-corrected chi connectivity index (χ4v) is 3.75. The van der Waals surface area contributed by atoms with Gasteiger partial charge in [-0.15, -0.1) is 10.2 Å². The van der Waals surface area contributed by atoms with Crippen molar-refractivity contribution in [3.05, 3.63) is 70.7 Å². The number of nitrogens with one attached hydrogen (secondary N) is 1. The highest BCUT2D eigenvalue weighted by molar-refractivity contribution is 5.70. The van der Waals surface area contributed by atoms with Gasteiger partial charge >= 0.3 is 5.69 Å². The molecule has 0 aliphatic rings. The van der Waals surface area contributed by atoms with Gasteiger partial charge in [-0.2, -0.15) is 5.21 Å². The van der Waals surface area contributed by atoms with Gasteiger partial charge in [-0.25, -0.2) is 14.0 Å². The molecule has 5 aromatic rings. The van der Waals surface area contributed by atoms with Crippen molar-refractivity contribution in [2.75, 3.05) is 0 Å². The Morgan fingerprint density at radius 1 is 1.06 bits per heavy atom. The van der Waals surface area contributed by atoms with Crippen molar-refractivity contribution in [1.82, 2.24) is 54.9 Å². The molecule has 0 aliphatic heterocycles.